The molecule has 2 aromatic rings. The summed E-state index contributed by atoms with van der Waals surface area (Å²) in [7, 11) is 1.46. The van der Waals surface area contributed by atoms with E-state index in [2.05, 4.69) is 10.1 Å². The molecule has 7 heteroatoms. The predicted molar refractivity (Wildman–Crippen MR) is 63.9 cm³/mol. The van der Waals surface area contributed by atoms with Crippen molar-refractivity contribution in [1.29, 1.82) is 0 Å². The summed E-state index contributed by atoms with van der Waals surface area (Å²) < 4.78 is 23.7. The Hall–Kier alpha value is -1.66. The minimum absolute atomic E-state index is 0.0984. The van der Waals surface area contributed by atoms with E-state index in [1.807, 2.05) is 0 Å². The highest BCUT2D eigenvalue weighted by atomic mass is 35.5. The van der Waals surface area contributed by atoms with Crippen LogP contribution in [0.3, 0.4) is 0 Å². The van der Waals surface area contributed by atoms with E-state index >= 15 is 0 Å². The maximum absolute atomic E-state index is 13.6. The van der Waals surface area contributed by atoms with E-state index in [4.69, 9.17) is 26.6 Å². The van der Waals surface area contributed by atoms with Crippen LogP contribution in [0.5, 0.6) is 5.75 Å². The fourth-order valence-electron chi connectivity index (χ4n) is 1.64. The molecule has 2 rings (SSSR count). The Balaban J connectivity index is 2.68. The van der Waals surface area contributed by atoms with E-state index in [0.29, 0.717) is 11.3 Å². The zero-order valence-electron chi connectivity index (χ0n) is 9.83. The highest BCUT2D eigenvalue weighted by Crippen LogP contribution is 2.39. The Morgan fingerprint density at radius 3 is 2.83 bits per heavy atom. The molecule has 0 atom stereocenters. The molecule has 0 aliphatic rings. The first-order valence-corrected chi connectivity index (χ1v) is 5.51. The summed E-state index contributed by atoms with van der Waals surface area (Å²) in [5.74, 6) is 0.236. The average molecular weight is 272 g/mol. The van der Waals surface area contributed by atoms with E-state index in [1.54, 1.807) is 6.92 Å². The second-order valence-corrected chi connectivity index (χ2v) is 3.99. The SMILES string of the molecule is COc1c(C)cc(F)c(Cl)c1-c1noc(CN)n1. The quantitative estimate of drug-likeness (QED) is 0.927. The number of rotatable bonds is 3. The van der Waals surface area contributed by atoms with Crippen molar-refractivity contribution in [3.63, 3.8) is 0 Å². The van der Waals surface area contributed by atoms with Gasteiger partial charge in [0.15, 0.2) is 0 Å². The van der Waals surface area contributed by atoms with Crippen molar-refractivity contribution in [3.8, 4) is 17.1 Å². The molecule has 1 aromatic carbocycles. The van der Waals surface area contributed by atoms with Gasteiger partial charge in [-0.15, -0.1) is 0 Å². The number of aromatic nitrogens is 2. The molecule has 0 amide bonds. The van der Waals surface area contributed by atoms with Crippen LogP contribution in [0.2, 0.25) is 5.02 Å². The largest absolute Gasteiger partial charge is 0.496 e. The van der Waals surface area contributed by atoms with Gasteiger partial charge in [-0.3, -0.25) is 0 Å². The lowest BCUT2D eigenvalue weighted by atomic mass is 10.1. The molecule has 1 heterocycles. The summed E-state index contributed by atoms with van der Waals surface area (Å²) in [6.45, 7) is 1.80. The molecular formula is C11H11ClFN3O2. The molecule has 0 unspecified atom stereocenters. The number of hydrogen-bond acceptors (Lipinski definition) is 5. The minimum Gasteiger partial charge on any atom is -0.496 e. The van der Waals surface area contributed by atoms with Gasteiger partial charge in [-0.05, 0) is 18.6 Å². The molecule has 2 N–H and O–H groups in total. The van der Waals surface area contributed by atoms with E-state index in [9.17, 15) is 4.39 Å². The molecule has 0 saturated heterocycles. The van der Waals surface area contributed by atoms with E-state index in [1.165, 1.54) is 13.2 Å². The van der Waals surface area contributed by atoms with Crippen molar-refractivity contribution in [3.05, 3.63) is 28.4 Å². The smallest absolute Gasteiger partial charge is 0.240 e. The molecule has 0 radical (unpaired) electrons. The summed E-state index contributed by atoms with van der Waals surface area (Å²) in [5.41, 5.74) is 6.23. The van der Waals surface area contributed by atoms with Gasteiger partial charge in [0.2, 0.25) is 11.7 Å². The van der Waals surface area contributed by atoms with Crippen LogP contribution in [-0.4, -0.2) is 17.3 Å². The van der Waals surface area contributed by atoms with Crippen LogP contribution in [0.25, 0.3) is 11.4 Å². The van der Waals surface area contributed by atoms with Crippen LogP contribution in [0.4, 0.5) is 4.39 Å². The Morgan fingerprint density at radius 2 is 2.28 bits per heavy atom. The lowest BCUT2D eigenvalue weighted by Gasteiger charge is -2.11. The Bertz CT molecular complexity index is 586. The third-order valence-electron chi connectivity index (χ3n) is 2.43. The first-order valence-electron chi connectivity index (χ1n) is 5.14. The van der Waals surface area contributed by atoms with Crippen molar-refractivity contribution in [2.75, 3.05) is 7.11 Å². The highest BCUT2D eigenvalue weighted by molar-refractivity contribution is 6.33. The van der Waals surface area contributed by atoms with E-state index < -0.39 is 5.82 Å². The van der Waals surface area contributed by atoms with Crippen LogP contribution >= 0.6 is 11.6 Å². The van der Waals surface area contributed by atoms with Crippen molar-refractivity contribution < 1.29 is 13.7 Å². The molecule has 5 nitrogen and oxygen atoms in total. The number of hydrogen-bond donors (Lipinski definition) is 1. The van der Waals surface area contributed by atoms with Gasteiger partial charge in [0.25, 0.3) is 0 Å². The zero-order valence-corrected chi connectivity index (χ0v) is 10.6. The Morgan fingerprint density at radius 1 is 1.56 bits per heavy atom. The highest BCUT2D eigenvalue weighted by Gasteiger charge is 2.21. The van der Waals surface area contributed by atoms with Gasteiger partial charge in [0.1, 0.15) is 11.6 Å². The molecule has 1 aromatic heterocycles. The van der Waals surface area contributed by atoms with E-state index in [0.717, 1.165) is 0 Å². The molecule has 96 valence electrons. The van der Waals surface area contributed by atoms with Gasteiger partial charge in [0.05, 0.1) is 24.2 Å². The molecule has 0 aliphatic carbocycles. The fraction of sp³-hybridized carbons (Fsp3) is 0.273. The molecule has 18 heavy (non-hydrogen) atoms. The summed E-state index contributed by atoms with van der Waals surface area (Å²) >= 11 is 5.93. The number of nitrogens with zero attached hydrogens (tertiary/aromatic N) is 2. The van der Waals surface area contributed by atoms with Gasteiger partial charge < -0.3 is 15.0 Å². The van der Waals surface area contributed by atoms with Crippen LogP contribution < -0.4 is 10.5 Å². The standard InChI is InChI=1S/C11H11ClFN3O2/c1-5-3-6(13)9(12)8(10(5)17-2)11-15-7(4-14)18-16-11/h3H,4,14H2,1-2H3. The summed E-state index contributed by atoms with van der Waals surface area (Å²) in [5, 5.41) is 3.60. The maximum atomic E-state index is 13.6. The fourth-order valence-corrected chi connectivity index (χ4v) is 1.86. The number of nitrogens with two attached hydrogens (primary N) is 1. The number of halogens is 2. The van der Waals surface area contributed by atoms with Gasteiger partial charge in [-0.1, -0.05) is 16.8 Å². The minimum atomic E-state index is -0.566. The summed E-state index contributed by atoms with van der Waals surface area (Å²) in [4.78, 5) is 4.02. The van der Waals surface area contributed by atoms with Gasteiger partial charge in [0, 0.05) is 0 Å². The predicted octanol–water partition coefficient (Wildman–Crippen LogP) is 2.30. The second-order valence-electron chi connectivity index (χ2n) is 3.61. The number of aryl methyl sites for hydroxylation is 1. The van der Waals surface area contributed by atoms with Gasteiger partial charge in [-0.2, -0.15) is 4.98 Å². The van der Waals surface area contributed by atoms with Crippen LogP contribution in [0.15, 0.2) is 10.6 Å². The number of benzene rings is 1. The number of methoxy groups -OCH3 is 1. The average Bonchev–Trinajstić information content (AvgIpc) is 2.81. The van der Waals surface area contributed by atoms with Crippen molar-refractivity contribution in [1.82, 2.24) is 10.1 Å². The van der Waals surface area contributed by atoms with Gasteiger partial charge >= 0.3 is 0 Å². The van der Waals surface area contributed by atoms with Crippen molar-refractivity contribution >= 4 is 11.6 Å². The van der Waals surface area contributed by atoms with E-state index in [-0.39, 0.29) is 28.8 Å². The molecule has 0 spiro atoms. The van der Waals surface area contributed by atoms with Crippen molar-refractivity contribution in [2.45, 2.75) is 13.5 Å². The number of ether oxygens (including phenoxy) is 1. The Kier molecular flexibility index (Phi) is 3.49. The monoisotopic (exact) mass is 271 g/mol. The topological polar surface area (TPSA) is 74.2 Å². The third kappa shape index (κ3) is 2.04. The molecule has 0 fully saturated rings. The van der Waals surface area contributed by atoms with Crippen molar-refractivity contribution in [2.24, 2.45) is 5.73 Å². The zero-order chi connectivity index (χ0) is 13.3. The first kappa shape index (κ1) is 12.8. The lowest BCUT2D eigenvalue weighted by molar-refractivity contribution is 0.379. The maximum Gasteiger partial charge on any atom is 0.240 e. The Labute approximate surface area is 108 Å². The lowest BCUT2D eigenvalue weighted by Crippen LogP contribution is -1.98. The van der Waals surface area contributed by atoms with Crippen LogP contribution in [0.1, 0.15) is 11.5 Å². The van der Waals surface area contributed by atoms with Crippen LogP contribution in [0, 0.1) is 12.7 Å². The first-order chi connectivity index (χ1) is 8.58. The molecule has 0 aliphatic heterocycles. The molecule has 0 bridgehead atoms. The molecule has 0 saturated carbocycles. The normalized spacial score (nSPS) is 10.7. The van der Waals surface area contributed by atoms with Gasteiger partial charge in [-0.25, -0.2) is 4.39 Å². The summed E-state index contributed by atoms with van der Waals surface area (Å²) in [6.07, 6.45) is 0. The summed E-state index contributed by atoms with van der Waals surface area (Å²) in [6, 6.07) is 1.29. The van der Waals surface area contributed by atoms with Crippen LogP contribution in [-0.2, 0) is 6.54 Å². The third-order valence-corrected chi connectivity index (χ3v) is 2.80. The molecular weight excluding hydrogens is 261 g/mol. The second kappa shape index (κ2) is 4.91.